The molecule has 0 saturated heterocycles. The van der Waals surface area contributed by atoms with Gasteiger partial charge in [-0.3, -0.25) is 4.79 Å². The molecule has 1 aromatic heterocycles. The average Bonchev–Trinajstić information content (AvgIpc) is 2.70. The summed E-state index contributed by atoms with van der Waals surface area (Å²) in [5.41, 5.74) is 0.587. The number of rotatable bonds is 5. The molecule has 0 bridgehead atoms. The van der Waals surface area contributed by atoms with Gasteiger partial charge in [-0.1, -0.05) is 48.3 Å². The highest BCUT2D eigenvalue weighted by molar-refractivity contribution is 9.10. The van der Waals surface area contributed by atoms with Gasteiger partial charge in [-0.05, 0) is 47.1 Å². The molecule has 164 valence electrons. The molecule has 0 fully saturated rings. The number of fused-ring (bicyclic) bond motifs is 1. The third kappa shape index (κ3) is 4.81. The van der Waals surface area contributed by atoms with Crippen molar-refractivity contribution in [2.45, 2.75) is 33.1 Å². The van der Waals surface area contributed by atoms with Crippen LogP contribution in [0.5, 0.6) is 11.5 Å². The molecule has 0 aliphatic carbocycles. The van der Waals surface area contributed by atoms with Crippen molar-refractivity contribution in [3.05, 3.63) is 60.0 Å². The number of ether oxygens (including phenoxy) is 2. The maximum absolute atomic E-state index is 13.3. The van der Waals surface area contributed by atoms with Crippen LogP contribution in [0.1, 0.15) is 39.1 Å². The monoisotopic (exact) mass is 569 g/mol. The van der Waals surface area contributed by atoms with Gasteiger partial charge in [0.1, 0.15) is 10.8 Å². The highest BCUT2D eigenvalue weighted by atomic mass is 79.9. The zero-order valence-corrected chi connectivity index (χ0v) is 21.7. The maximum Gasteiger partial charge on any atom is 0.282 e. The Bertz CT molecular complexity index is 1230. The van der Waals surface area contributed by atoms with E-state index in [0.717, 1.165) is 4.47 Å². The second-order valence-corrected chi connectivity index (χ2v) is 9.85. The van der Waals surface area contributed by atoms with Gasteiger partial charge in [0.05, 0.1) is 30.8 Å². The van der Waals surface area contributed by atoms with E-state index in [0.29, 0.717) is 49.9 Å². The molecule has 0 N–H and O–H groups in total. The minimum Gasteiger partial charge on any atom is -0.491 e. The minimum atomic E-state index is -0.414. The second kappa shape index (κ2) is 9.30. The summed E-state index contributed by atoms with van der Waals surface area (Å²) >= 11 is 13.4. The van der Waals surface area contributed by atoms with Gasteiger partial charge in [-0.2, -0.15) is 9.78 Å². The Hall–Kier alpha value is -1.90. The fourth-order valence-corrected chi connectivity index (χ4v) is 4.05. The van der Waals surface area contributed by atoms with E-state index in [1.807, 2.05) is 39.8 Å². The molecule has 3 aromatic rings. The van der Waals surface area contributed by atoms with E-state index in [-0.39, 0.29) is 5.56 Å². The highest BCUT2D eigenvalue weighted by Gasteiger charge is 2.23. The topological polar surface area (TPSA) is 65.7 Å². The third-order valence-corrected chi connectivity index (χ3v) is 6.39. The lowest BCUT2D eigenvalue weighted by Crippen LogP contribution is -2.29. The van der Waals surface area contributed by atoms with E-state index in [1.165, 1.54) is 11.8 Å². The standard InChI is InChI=1S/C22H22Br2ClN3O3/c1-6-31-16-9-12(17(24)18(25)19(16)30-5)11-26-28-20(29)14-10-13(23)7-8-15(14)27-21(28)22(2,3)4/h7-11H,6H2,1-5H3. The van der Waals surface area contributed by atoms with Crippen molar-refractivity contribution in [1.82, 2.24) is 9.66 Å². The van der Waals surface area contributed by atoms with Gasteiger partial charge < -0.3 is 9.47 Å². The van der Waals surface area contributed by atoms with Crippen molar-refractivity contribution in [3.8, 4) is 11.5 Å². The summed E-state index contributed by atoms with van der Waals surface area (Å²) in [6.07, 6.45) is 1.56. The Balaban J connectivity index is 2.24. The zero-order chi connectivity index (χ0) is 22.9. The SMILES string of the molecule is CCOc1cc(C=Nn2c(C(C)(C)C)nc3ccc(Br)cc3c2=O)c(Br)c(Cl)c1OC. The molecule has 0 aliphatic heterocycles. The number of benzene rings is 2. The third-order valence-electron chi connectivity index (χ3n) is 4.45. The van der Waals surface area contributed by atoms with Crippen molar-refractivity contribution in [1.29, 1.82) is 0 Å². The summed E-state index contributed by atoms with van der Waals surface area (Å²) in [6, 6.07) is 7.18. The number of nitrogens with zero attached hydrogens (tertiary/aromatic N) is 3. The first-order valence-electron chi connectivity index (χ1n) is 9.54. The van der Waals surface area contributed by atoms with Crippen molar-refractivity contribution in [2.75, 3.05) is 13.7 Å². The predicted octanol–water partition coefficient (Wildman–Crippen LogP) is 6.16. The molecule has 3 rings (SSSR count). The van der Waals surface area contributed by atoms with Crippen LogP contribution < -0.4 is 15.0 Å². The van der Waals surface area contributed by atoms with Gasteiger partial charge in [0.25, 0.3) is 5.56 Å². The van der Waals surface area contributed by atoms with Crippen LogP contribution in [-0.4, -0.2) is 29.6 Å². The first-order chi connectivity index (χ1) is 14.6. The fraction of sp³-hybridized carbons (Fsp3) is 0.318. The Kier molecular flexibility index (Phi) is 7.13. The molecule has 0 spiro atoms. The van der Waals surface area contributed by atoms with Crippen LogP contribution in [0.25, 0.3) is 10.9 Å². The first kappa shape index (κ1) is 23.8. The second-order valence-electron chi connectivity index (χ2n) is 7.77. The van der Waals surface area contributed by atoms with E-state index in [1.54, 1.807) is 18.3 Å². The first-order valence-corrected chi connectivity index (χ1v) is 11.5. The van der Waals surface area contributed by atoms with Crippen molar-refractivity contribution < 1.29 is 9.47 Å². The van der Waals surface area contributed by atoms with Crippen molar-refractivity contribution in [3.63, 3.8) is 0 Å². The summed E-state index contributed by atoms with van der Waals surface area (Å²) in [5.74, 6) is 1.46. The molecule has 31 heavy (non-hydrogen) atoms. The summed E-state index contributed by atoms with van der Waals surface area (Å²) in [6.45, 7) is 8.27. The number of methoxy groups -OCH3 is 1. The largest absolute Gasteiger partial charge is 0.491 e. The molecule has 0 aliphatic rings. The highest BCUT2D eigenvalue weighted by Crippen LogP contribution is 2.42. The van der Waals surface area contributed by atoms with E-state index in [4.69, 9.17) is 26.1 Å². The molecule has 0 saturated carbocycles. The van der Waals surface area contributed by atoms with Gasteiger partial charge in [0, 0.05) is 19.9 Å². The van der Waals surface area contributed by atoms with E-state index < -0.39 is 5.41 Å². The zero-order valence-electron chi connectivity index (χ0n) is 17.8. The van der Waals surface area contributed by atoms with E-state index in [2.05, 4.69) is 37.0 Å². The Morgan fingerprint density at radius 2 is 1.97 bits per heavy atom. The van der Waals surface area contributed by atoms with Crippen molar-refractivity contribution >= 4 is 60.6 Å². The normalized spacial score (nSPS) is 12.0. The van der Waals surface area contributed by atoms with Crippen LogP contribution in [-0.2, 0) is 5.41 Å². The summed E-state index contributed by atoms with van der Waals surface area (Å²) in [5, 5.41) is 5.33. The van der Waals surface area contributed by atoms with Gasteiger partial charge in [0.15, 0.2) is 11.5 Å². The molecule has 0 radical (unpaired) electrons. The molecule has 0 unspecified atom stereocenters. The predicted molar refractivity (Wildman–Crippen MR) is 132 cm³/mol. The summed E-state index contributed by atoms with van der Waals surface area (Å²) < 4.78 is 13.7. The van der Waals surface area contributed by atoms with Crippen LogP contribution in [0, 0.1) is 0 Å². The molecule has 0 amide bonds. The quantitative estimate of drug-likeness (QED) is 0.344. The van der Waals surface area contributed by atoms with Gasteiger partial charge in [-0.15, -0.1) is 0 Å². The molecule has 0 atom stereocenters. The molecular weight excluding hydrogens is 550 g/mol. The molecule has 9 heteroatoms. The Morgan fingerprint density at radius 3 is 2.58 bits per heavy atom. The van der Waals surface area contributed by atoms with Crippen LogP contribution in [0.4, 0.5) is 0 Å². The number of aromatic nitrogens is 2. The molecular formula is C22H22Br2ClN3O3. The lowest BCUT2D eigenvalue weighted by atomic mass is 9.95. The Labute approximate surface area is 202 Å². The van der Waals surface area contributed by atoms with E-state index in [9.17, 15) is 4.79 Å². The molecule has 6 nitrogen and oxygen atoms in total. The number of halogens is 3. The van der Waals surface area contributed by atoms with Crippen LogP contribution in [0.2, 0.25) is 5.02 Å². The van der Waals surface area contributed by atoms with Crippen LogP contribution >= 0.6 is 43.5 Å². The van der Waals surface area contributed by atoms with Crippen LogP contribution in [0.15, 0.2) is 43.1 Å². The Morgan fingerprint density at radius 1 is 1.26 bits per heavy atom. The molecule has 1 heterocycles. The maximum atomic E-state index is 13.3. The lowest BCUT2D eigenvalue weighted by molar-refractivity contribution is 0.311. The molecule has 2 aromatic carbocycles. The average molecular weight is 572 g/mol. The fourth-order valence-electron chi connectivity index (χ4n) is 3.01. The number of hydrogen-bond acceptors (Lipinski definition) is 5. The smallest absolute Gasteiger partial charge is 0.282 e. The van der Waals surface area contributed by atoms with Gasteiger partial charge in [-0.25, -0.2) is 4.98 Å². The minimum absolute atomic E-state index is 0.256. The van der Waals surface area contributed by atoms with Crippen molar-refractivity contribution in [2.24, 2.45) is 5.10 Å². The van der Waals surface area contributed by atoms with Gasteiger partial charge in [0.2, 0.25) is 0 Å². The summed E-state index contributed by atoms with van der Waals surface area (Å²) in [7, 11) is 1.53. The lowest BCUT2D eigenvalue weighted by Gasteiger charge is -2.21. The van der Waals surface area contributed by atoms with E-state index >= 15 is 0 Å². The summed E-state index contributed by atoms with van der Waals surface area (Å²) in [4.78, 5) is 18.0. The number of hydrogen-bond donors (Lipinski definition) is 0. The van der Waals surface area contributed by atoms with Crippen LogP contribution in [0.3, 0.4) is 0 Å². The van der Waals surface area contributed by atoms with Gasteiger partial charge >= 0.3 is 0 Å².